The monoisotopic (exact) mass is 469 g/mol. The van der Waals surface area contributed by atoms with Crippen molar-refractivity contribution in [2.24, 2.45) is 0 Å². The van der Waals surface area contributed by atoms with Crippen molar-refractivity contribution in [2.75, 3.05) is 31.1 Å². The summed E-state index contributed by atoms with van der Waals surface area (Å²) in [5.41, 5.74) is 4.07. The molecule has 3 aliphatic heterocycles. The van der Waals surface area contributed by atoms with Crippen LogP contribution in [-0.4, -0.2) is 59.1 Å². The molecule has 0 aliphatic carbocycles. The van der Waals surface area contributed by atoms with Crippen LogP contribution in [0.25, 0.3) is 0 Å². The van der Waals surface area contributed by atoms with Crippen LogP contribution in [0.5, 0.6) is 11.5 Å². The standard InChI is InChI=1S/C29H31N3O3/c33-24-14-17-31(20-24)29(34)22-10-11-26-28(18-22)35-27-9-5-4-8-25(27)32(26)23-12-15-30(16-13-23)19-21-6-2-1-3-7-21/h1-11,18,23-24,33H,12-17,19-20H2/t24-/m0/s1. The number of carbonyl (C=O) groups excluding carboxylic acids is 1. The van der Waals surface area contributed by atoms with E-state index in [9.17, 15) is 9.90 Å². The van der Waals surface area contributed by atoms with Gasteiger partial charge in [-0.2, -0.15) is 0 Å². The minimum absolute atomic E-state index is 0.0485. The van der Waals surface area contributed by atoms with Crippen LogP contribution < -0.4 is 9.64 Å². The Morgan fingerprint density at radius 3 is 2.37 bits per heavy atom. The van der Waals surface area contributed by atoms with Crippen LogP contribution in [0.4, 0.5) is 11.4 Å². The Balaban J connectivity index is 1.24. The number of para-hydroxylation sites is 2. The summed E-state index contributed by atoms with van der Waals surface area (Å²) in [5, 5.41) is 9.85. The van der Waals surface area contributed by atoms with Gasteiger partial charge in [0.05, 0.1) is 17.5 Å². The molecule has 0 radical (unpaired) electrons. The molecule has 2 saturated heterocycles. The van der Waals surface area contributed by atoms with Crippen LogP contribution in [0.1, 0.15) is 35.2 Å². The zero-order valence-corrected chi connectivity index (χ0v) is 19.8. The topological polar surface area (TPSA) is 56.2 Å². The Bertz CT molecular complexity index is 1210. The Kier molecular flexibility index (Phi) is 5.92. The van der Waals surface area contributed by atoms with Crippen molar-refractivity contribution >= 4 is 17.3 Å². The number of hydrogen-bond acceptors (Lipinski definition) is 5. The summed E-state index contributed by atoms with van der Waals surface area (Å²) < 4.78 is 6.30. The number of nitrogens with zero attached hydrogens (tertiary/aromatic N) is 3. The van der Waals surface area contributed by atoms with Crippen molar-refractivity contribution in [3.8, 4) is 11.5 Å². The van der Waals surface area contributed by atoms with Crippen molar-refractivity contribution in [3.63, 3.8) is 0 Å². The summed E-state index contributed by atoms with van der Waals surface area (Å²) in [4.78, 5) is 19.7. The third-order valence-electron chi connectivity index (χ3n) is 7.43. The first-order valence-corrected chi connectivity index (χ1v) is 12.6. The van der Waals surface area contributed by atoms with E-state index >= 15 is 0 Å². The molecule has 6 heteroatoms. The molecular weight excluding hydrogens is 438 g/mol. The van der Waals surface area contributed by atoms with E-state index in [0.717, 1.165) is 55.3 Å². The summed E-state index contributed by atoms with van der Waals surface area (Å²) >= 11 is 0. The fourth-order valence-electron chi connectivity index (χ4n) is 5.60. The molecule has 0 saturated carbocycles. The van der Waals surface area contributed by atoms with E-state index in [2.05, 4.69) is 52.3 Å². The molecule has 6 rings (SSSR count). The van der Waals surface area contributed by atoms with Crippen molar-refractivity contribution < 1.29 is 14.6 Å². The van der Waals surface area contributed by atoms with Crippen molar-refractivity contribution in [3.05, 3.63) is 83.9 Å². The second-order valence-corrected chi connectivity index (χ2v) is 9.81. The lowest BCUT2D eigenvalue weighted by Gasteiger charge is -2.42. The molecule has 3 aliphatic rings. The van der Waals surface area contributed by atoms with Gasteiger partial charge in [-0.25, -0.2) is 0 Å². The lowest BCUT2D eigenvalue weighted by Crippen LogP contribution is -2.43. The van der Waals surface area contributed by atoms with Gasteiger partial charge in [0, 0.05) is 44.3 Å². The average Bonchev–Trinajstić information content (AvgIpc) is 3.34. The molecule has 3 aromatic rings. The van der Waals surface area contributed by atoms with Gasteiger partial charge in [0.15, 0.2) is 11.5 Å². The molecule has 1 atom stereocenters. The summed E-state index contributed by atoms with van der Waals surface area (Å²) in [6.07, 6.45) is 2.33. The molecular formula is C29H31N3O3. The molecule has 1 N–H and O–H groups in total. The van der Waals surface area contributed by atoms with Gasteiger partial charge in [0.25, 0.3) is 5.91 Å². The molecule has 1 amide bonds. The van der Waals surface area contributed by atoms with Gasteiger partial charge in [0.2, 0.25) is 0 Å². The number of aliphatic hydroxyl groups excluding tert-OH is 1. The van der Waals surface area contributed by atoms with Gasteiger partial charge in [-0.15, -0.1) is 0 Å². The molecule has 35 heavy (non-hydrogen) atoms. The number of likely N-dealkylation sites (tertiary alicyclic amines) is 2. The minimum atomic E-state index is -0.428. The van der Waals surface area contributed by atoms with E-state index in [1.807, 2.05) is 30.3 Å². The zero-order valence-electron chi connectivity index (χ0n) is 19.8. The summed E-state index contributed by atoms with van der Waals surface area (Å²) in [6, 6.07) is 25.0. The average molecular weight is 470 g/mol. The van der Waals surface area contributed by atoms with Crippen LogP contribution in [0.2, 0.25) is 0 Å². The zero-order chi connectivity index (χ0) is 23.8. The number of carbonyl (C=O) groups is 1. The Hall–Kier alpha value is -3.35. The largest absolute Gasteiger partial charge is 0.453 e. The second kappa shape index (κ2) is 9.36. The van der Waals surface area contributed by atoms with Crippen LogP contribution in [-0.2, 0) is 6.54 Å². The maximum atomic E-state index is 13.0. The number of hydrogen-bond donors (Lipinski definition) is 1. The van der Waals surface area contributed by atoms with Gasteiger partial charge in [-0.05, 0) is 55.2 Å². The number of benzene rings is 3. The predicted octanol–water partition coefficient (Wildman–Crippen LogP) is 4.80. The number of β-amino-alcohol motifs (C(OH)–C–C–N with tert-alkyl or cyclic N) is 1. The lowest BCUT2D eigenvalue weighted by molar-refractivity contribution is 0.0764. The first-order chi connectivity index (χ1) is 17.2. The summed E-state index contributed by atoms with van der Waals surface area (Å²) in [5.74, 6) is 1.50. The van der Waals surface area contributed by atoms with Crippen molar-refractivity contribution in [1.29, 1.82) is 0 Å². The van der Waals surface area contributed by atoms with Gasteiger partial charge < -0.3 is 19.6 Å². The molecule has 3 heterocycles. The van der Waals surface area contributed by atoms with Gasteiger partial charge in [-0.1, -0.05) is 42.5 Å². The van der Waals surface area contributed by atoms with Crippen LogP contribution in [0.3, 0.4) is 0 Å². The van der Waals surface area contributed by atoms with Crippen molar-refractivity contribution in [1.82, 2.24) is 9.80 Å². The second-order valence-electron chi connectivity index (χ2n) is 9.81. The fourth-order valence-corrected chi connectivity index (χ4v) is 5.60. The number of amides is 1. The predicted molar refractivity (Wildman–Crippen MR) is 136 cm³/mol. The molecule has 0 spiro atoms. The van der Waals surface area contributed by atoms with E-state index < -0.39 is 6.10 Å². The maximum absolute atomic E-state index is 13.0. The van der Waals surface area contributed by atoms with Crippen LogP contribution in [0, 0.1) is 0 Å². The number of piperidine rings is 1. The highest BCUT2D eigenvalue weighted by Crippen LogP contribution is 2.49. The molecule has 180 valence electrons. The smallest absolute Gasteiger partial charge is 0.254 e. The normalized spacial score (nSPS) is 20.3. The van der Waals surface area contributed by atoms with E-state index in [4.69, 9.17) is 4.74 Å². The first kappa shape index (κ1) is 22.1. The molecule has 6 nitrogen and oxygen atoms in total. The number of anilines is 2. The quantitative estimate of drug-likeness (QED) is 0.595. The Labute approximate surface area is 206 Å². The summed E-state index contributed by atoms with van der Waals surface area (Å²) in [7, 11) is 0. The molecule has 3 aromatic carbocycles. The highest BCUT2D eigenvalue weighted by atomic mass is 16.5. The van der Waals surface area contributed by atoms with E-state index in [-0.39, 0.29) is 5.91 Å². The molecule has 0 aromatic heterocycles. The Morgan fingerprint density at radius 2 is 1.60 bits per heavy atom. The number of rotatable bonds is 4. The SMILES string of the molecule is O=C(c1ccc2c(c1)Oc1ccccc1N2C1CCN(Cc2ccccc2)CC1)N1CC[C@H](O)C1. The number of fused-ring (bicyclic) bond motifs is 2. The third-order valence-corrected chi connectivity index (χ3v) is 7.43. The maximum Gasteiger partial charge on any atom is 0.254 e. The Morgan fingerprint density at radius 1 is 0.857 bits per heavy atom. The molecule has 0 bridgehead atoms. The van der Waals surface area contributed by atoms with Gasteiger partial charge in [0.1, 0.15) is 0 Å². The molecule has 2 fully saturated rings. The fraction of sp³-hybridized carbons (Fsp3) is 0.345. The van der Waals surface area contributed by atoms with Crippen LogP contribution >= 0.6 is 0 Å². The van der Waals surface area contributed by atoms with Crippen molar-refractivity contribution in [2.45, 2.75) is 38.0 Å². The van der Waals surface area contributed by atoms with Gasteiger partial charge >= 0.3 is 0 Å². The number of ether oxygens (including phenoxy) is 1. The van der Waals surface area contributed by atoms with Gasteiger partial charge in [-0.3, -0.25) is 9.69 Å². The van der Waals surface area contributed by atoms with Crippen LogP contribution in [0.15, 0.2) is 72.8 Å². The molecule has 0 unspecified atom stereocenters. The van der Waals surface area contributed by atoms with E-state index in [0.29, 0.717) is 31.1 Å². The highest BCUT2D eigenvalue weighted by molar-refractivity contribution is 5.96. The van der Waals surface area contributed by atoms with E-state index in [1.165, 1.54) is 5.56 Å². The highest BCUT2D eigenvalue weighted by Gasteiger charge is 2.33. The minimum Gasteiger partial charge on any atom is -0.453 e. The number of aliphatic hydroxyl groups is 1. The summed E-state index contributed by atoms with van der Waals surface area (Å²) in [6.45, 7) is 4.06. The van der Waals surface area contributed by atoms with E-state index in [1.54, 1.807) is 4.90 Å². The lowest BCUT2D eigenvalue weighted by atomic mass is 9.99. The first-order valence-electron chi connectivity index (χ1n) is 12.6. The third kappa shape index (κ3) is 4.40.